The highest BCUT2D eigenvalue weighted by Gasteiger charge is 2.37. The minimum Gasteiger partial charge on any atom is -0.349 e. The highest BCUT2D eigenvalue weighted by Crippen LogP contribution is 2.26. The molecule has 2 aromatic heterocycles. The molecule has 0 saturated carbocycles. The Kier molecular flexibility index (Phi) is 6.42. The Balaban J connectivity index is 2.51. The third kappa shape index (κ3) is 4.85. The minimum absolute atomic E-state index is 0.179. The normalized spacial score (nSPS) is 13.7. The topological polar surface area (TPSA) is 88.1 Å². The van der Waals surface area contributed by atoms with Gasteiger partial charge in [-0.2, -0.15) is 0 Å². The fourth-order valence-corrected chi connectivity index (χ4v) is 2.97. The van der Waals surface area contributed by atoms with Gasteiger partial charge >= 0.3 is 0 Å². The second-order valence-electron chi connectivity index (χ2n) is 7.16. The van der Waals surface area contributed by atoms with Crippen LogP contribution >= 0.6 is 11.5 Å². The summed E-state index contributed by atoms with van der Waals surface area (Å²) in [5.41, 5.74) is 0.321. The van der Waals surface area contributed by atoms with E-state index < -0.39 is 11.6 Å². The number of hydrogen-bond donors (Lipinski definition) is 1. The Morgan fingerprint density at radius 2 is 2.04 bits per heavy atom. The van der Waals surface area contributed by atoms with Crippen molar-refractivity contribution in [3.8, 4) is 0 Å². The summed E-state index contributed by atoms with van der Waals surface area (Å²) >= 11 is 1.11. The van der Waals surface area contributed by atoms with Crippen LogP contribution in [0.2, 0.25) is 0 Å². The zero-order chi connectivity index (χ0) is 19.3. The summed E-state index contributed by atoms with van der Waals surface area (Å²) in [4.78, 5) is 32.1. The Morgan fingerprint density at radius 1 is 1.31 bits per heavy atom. The van der Waals surface area contributed by atoms with Gasteiger partial charge < -0.3 is 10.2 Å². The van der Waals surface area contributed by atoms with Gasteiger partial charge in [0.2, 0.25) is 5.91 Å². The van der Waals surface area contributed by atoms with Gasteiger partial charge in [-0.25, -0.2) is 0 Å². The summed E-state index contributed by atoms with van der Waals surface area (Å²) in [7, 11) is 0. The molecule has 0 aliphatic carbocycles. The number of amides is 2. The molecule has 0 bridgehead atoms. The van der Waals surface area contributed by atoms with Gasteiger partial charge in [-0.1, -0.05) is 17.5 Å². The Bertz CT molecular complexity index is 728. The summed E-state index contributed by atoms with van der Waals surface area (Å²) in [6.07, 6.45) is 2.31. The van der Waals surface area contributed by atoms with E-state index in [0.717, 1.165) is 11.5 Å². The fraction of sp³-hybridized carbons (Fsp3) is 0.500. The van der Waals surface area contributed by atoms with E-state index >= 15 is 0 Å². The Labute approximate surface area is 158 Å². The summed E-state index contributed by atoms with van der Waals surface area (Å²) in [5, 5.41) is 8.45. The molecule has 2 amide bonds. The first-order chi connectivity index (χ1) is 12.2. The van der Waals surface area contributed by atoms with Crippen LogP contribution in [-0.2, 0) is 4.79 Å². The van der Waals surface area contributed by atoms with Crippen molar-refractivity contribution in [1.82, 2.24) is 24.8 Å². The maximum atomic E-state index is 13.1. The molecule has 0 fully saturated rings. The molecule has 2 heterocycles. The van der Waals surface area contributed by atoms with Gasteiger partial charge in [0.15, 0.2) is 11.7 Å². The predicted octanol–water partition coefficient (Wildman–Crippen LogP) is 2.83. The molecule has 1 N–H and O–H groups in total. The smallest absolute Gasteiger partial charge is 0.276 e. The third-order valence-electron chi connectivity index (χ3n) is 3.87. The average Bonchev–Trinajstić information content (AvgIpc) is 3.12. The van der Waals surface area contributed by atoms with Crippen LogP contribution in [0.25, 0.3) is 0 Å². The maximum Gasteiger partial charge on any atom is 0.276 e. The van der Waals surface area contributed by atoms with E-state index in [4.69, 9.17) is 0 Å². The Morgan fingerprint density at radius 3 is 2.54 bits per heavy atom. The molecular weight excluding hydrogens is 350 g/mol. The summed E-state index contributed by atoms with van der Waals surface area (Å²) in [6.45, 7) is 9.60. The van der Waals surface area contributed by atoms with Gasteiger partial charge in [0.25, 0.3) is 5.91 Å². The van der Waals surface area contributed by atoms with E-state index in [2.05, 4.69) is 19.9 Å². The van der Waals surface area contributed by atoms with Crippen molar-refractivity contribution in [2.75, 3.05) is 0 Å². The third-order valence-corrected chi connectivity index (χ3v) is 4.38. The lowest BCUT2D eigenvalue weighted by molar-refractivity contribution is -0.128. The van der Waals surface area contributed by atoms with Gasteiger partial charge in [0.1, 0.15) is 0 Å². The molecule has 2 rings (SSSR count). The van der Waals surface area contributed by atoms with Gasteiger partial charge in [0.05, 0.1) is 5.69 Å². The van der Waals surface area contributed by atoms with E-state index in [1.165, 1.54) is 0 Å². The molecule has 0 aliphatic heterocycles. The molecule has 0 aliphatic rings. The number of hydrogen-bond acceptors (Lipinski definition) is 6. The number of aromatic nitrogens is 3. The van der Waals surface area contributed by atoms with E-state index in [0.29, 0.717) is 12.1 Å². The lowest BCUT2D eigenvalue weighted by Gasteiger charge is -2.36. The lowest BCUT2D eigenvalue weighted by Crippen LogP contribution is -2.51. The second-order valence-corrected chi connectivity index (χ2v) is 7.77. The molecular formula is C18H25N5O2S. The first-order valence-electron chi connectivity index (χ1n) is 8.57. The lowest BCUT2D eigenvalue weighted by atomic mass is 10.0. The van der Waals surface area contributed by atoms with Crippen molar-refractivity contribution < 1.29 is 9.59 Å². The number of nitrogens with one attached hydrogen (secondary N) is 1. The average molecular weight is 375 g/mol. The van der Waals surface area contributed by atoms with E-state index in [1.54, 1.807) is 28.6 Å². The molecule has 7 nitrogen and oxygen atoms in total. The number of rotatable bonds is 6. The minimum atomic E-state index is -0.848. The van der Waals surface area contributed by atoms with Crippen LogP contribution < -0.4 is 5.32 Å². The largest absolute Gasteiger partial charge is 0.349 e. The van der Waals surface area contributed by atoms with Gasteiger partial charge in [-0.3, -0.25) is 14.6 Å². The molecule has 2 aromatic rings. The number of pyridine rings is 1. The van der Waals surface area contributed by atoms with Crippen LogP contribution in [0.1, 0.15) is 63.3 Å². The molecule has 0 spiro atoms. The molecule has 0 aromatic carbocycles. The van der Waals surface area contributed by atoms with Gasteiger partial charge in [-0.15, -0.1) is 5.10 Å². The van der Waals surface area contributed by atoms with E-state index in [9.17, 15) is 9.59 Å². The van der Waals surface area contributed by atoms with Crippen molar-refractivity contribution >= 4 is 23.3 Å². The first kappa shape index (κ1) is 20.0. The molecule has 2 atom stereocenters. The van der Waals surface area contributed by atoms with Gasteiger partial charge in [0, 0.05) is 23.2 Å². The van der Waals surface area contributed by atoms with E-state index in [1.807, 2.05) is 40.7 Å². The van der Waals surface area contributed by atoms with Crippen molar-refractivity contribution in [2.45, 2.75) is 58.7 Å². The molecule has 26 heavy (non-hydrogen) atoms. The van der Waals surface area contributed by atoms with Crippen molar-refractivity contribution in [3.05, 3.63) is 41.2 Å². The standard InChI is InChI=1S/C18H25N5O2S/c1-6-12(2)23(17(25)14-11-26-22-21-14)15(13-9-7-8-10-19-13)16(24)20-18(3,4)5/h7-12,15H,6H2,1-5H3,(H,20,24). The van der Waals surface area contributed by atoms with Crippen molar-refractivity contribution in [2.24, 2.45) is 0 Å². The zero-order valence-electron chi connectivity index (χ0n) is 15.8. The molecule has 2 unspecified atom stereocenters. The number of carbonyl (C=O) groups excluding carboxylic acids is 2. The highest BCUT2D eigenvalue weighted by molar-refractivity contribution is 7.03. The van der Waals surface area contributed by atoms with Crippen LogP contribution in [0.15, 0.2) is 29.8 Å². The highest BCUT2D eigenvalue weighted by atomic mass is 32.1. The fourth-order valence-electron chi connectivity index (χ4n) is 2.54. The SMILES string of the molecule is CCC(C)N(C(=O)c1csnn1)C(C(=O)NC(C)(C)C)c1ccccn1. The van der Waals surface area contributed by atoms with Gasteiger partial charge in [-0.05, 0) is 57.8 Å². The summed E-state index contributed by atoms with van der Waals surface area (Å²) in [6, 6.07) is 4.32. The van der Waals surface area contributed by atoms with Crippen molar-refractivity contribution in [1.29, 1.82) is 0 Å². The first-order valence-corrected chi connectivity index (χ1v) is 9.41. The predicted molar refractivity (Wildman–Crippen MR) is 101 cm³/mol. The summed E-state index contributed by atoms with van der Waals surface area (Å²) in [5.74, 6) is -0.596. The molecule has 0 saturated heterocycles. The maximum absolute atomic E-state index is 13.1. The number of carbonyl (C=O) groups is 2. The molecule has 0 radical (unpaired) electrons. The van der Waals surface area contributed by atoms with Crippen LogP contribution in [0.3, 0.4) is 0 Å². The van der Waals surface area contributed by atoms with E-state index in [-0.39, 0.29) is 23.6 Å². The van der Waals surface area contributed by atoms with Crippen LogP contribution in [0.4, 0.5) is 0 Å². The second kappa shape index (κ2) is 8.35. The number of nitrogens with zero attached hydrogens (tertiary/aromatic N) is 4. The monoisotopic (exact) mass is 375 g/mol. The van der Waals surface area contributed by atoms with Crippen LogP contribution in [0.5, 0.6) is 0 Å². The quantitative estimate of drug-likeness (QED) is 0.839. The molecule has 140 valence electrons. The molecule has 8 heteroatoms. The zero-order valence-corrected chi connectivity index (χ0v) is 16.6. The summed E-state index contributed by atoms with van der Waals surface area (Å²) < 4.78 is 3.78. The van der Waals surface area contributed by atoms with Crippen LogP contribution in [0, 0.1) is 0 Å². The van der Waals surface area contributed by atoms with Crippen LogP contribution in [-0.4, -0.2) is 42.9 Å². The van der Waals surface area contributed by atoms with Crippen molar-refractivity contribution in [3.63, 3.8) is 0 Å². The Hall–Kier alpha value is -2.35.